The summed E-state index contributed by atoms with van der Waals surface area (Å²) in [5.74, 6) is 0.877. The Balaban J connectivity index is 1.86. The Kier molecular flexibility index (Phi) is 3.30. The molecule has 3 nitrogen and oxygen atoms in total. The van der Waals surface area contributed by atoms with E-state index < -0.39 is 5.60 Å². The molecule has 1 aliphatic carbocycles. The molecule has 3 unspecified atom stereocenters. The van der Waals surface area contributed by atoms with E-state index in [1.807, 2.05) is 0 Å². The molecule has 20 heavy (non-hydrogen) atoms. The largest absolute Gasteiger partial charge is 0.360 e. The molecular weight excluding hydrogens is 250 g/mol. The first-order chi connectivity index (χ1) is 9.30. The minimum atomic E-state index is -0.402. The summed E-state index contributed by atoms with van der Waals surface area (Å²) in [7, 11) is 4.61. The van der Waals surface area contributed by atoms with Gasteiger partial charge in [0.25, 0.3) is 0 Å². The van der Waals surface area contributed by atoms with E-state index in [0.717, 1.165) is 43.1 Å². The minimum absolute atomic E-state index is 0.165. The van der Waals surface area contributed by atoms with Gasteiger partial charge in [-0.25, -0.2) is 0 Å². The molecule has 2 spiro atoms. The summed E-state index contributed by atoms with van der Waals surface area (Å²) in [6.07, 6.45) is 7.22. The SMILES string of the molecule is CC1C[N+](C)(C)C(C)CC12CC(=O)C1(CCCCC1)O2. The van der Waals surface area contributed by atoms with Crippen molar-refractivity contribution in [1.29, 1.82) is 0 Å². The summed E-state index contributed by atoms with van der Waals surface area (Å²) in [5.41, 5.74) is -0.567. The van der Waals surface area contributed by atoms with Crippen molar-refractivity contribution >= 4 is 5.78 Å². The van der Waals surface area contributed by atoms with Gasteiger partial charge in [0, 0.05) is 18.8 Å². The highest BCUT2D eigenvalue weighted by Crippen LogP contribution is 2.51. The number of ether oxygens (including phenoxy) is 1. The molecule has 3 heteroatoms. The second-order valence-electron chi connectivity index (χ2n) is 8.24. The van der Waals surface area contributed by atoms with Crippen LogP contribution in [0, 0.1) is 5.92 Å². The molecule has 3 aliphatic rings. The summed E-state index contributed by atoms with van der Waals surface area (Å²) in [6.45, 7) is 5.72. The average molecular weight is 280 g/mol. The van der Waals surface area contributed by atoms with Gasteiger partial charge in [0.05, 0.1) is 32.3 Å². The molecule has 1 saturated carbocycles. The second-order valence-corrected chi connectivity index (χ2v) is 8.24. The molecule has 3 fully saturated rings. The van der Waals surface area contributed by atoms with Crippen LogP contribution in [0.1, 0.15) is 58.8 Å². The topological polar surface area (TPSA) is 26.3 Å². The molecule has 2 heterocycles. The highest BCUT2D eigenvalue weighted by Gasteiger charge is 2.61. The minimum Gasteiger partial charge on any atom is -0.360 e. The van der Waals surface area contributed by atoms with Gasteiger partial charge in [-0.1, -0.05) is 26.2 Å². The number of ketones is 1. The molecule has 114 valence electrons. The van der Waals surface area contributed by atoms with E-state index in [0.29, 0.717) is 24.2 Å². The second kappa shape index (κ2) is 4.54. The third-order valence-electron chi connectivity index (χ3n) is 6.50. The lowest BCUT2D eigenvalue weighted by Gasteiger charge is -2.51. The number of piperidine rings is 1. The molecule has 0 bridgehead atoms. The maximum absolute atomic E-state index is 12.7. The van der Waals surface area contributed by atoms with Crippen molar-refractivity contribution < 1.29 is 14.0 Å². The number of rotatable bonds is 0. The molecular formula is C17H30NO2+. The lowest BCUT2D eigenvalue weighted by molar-refractivity contribution is -0.924. The van der Waals surface area contributed by atoms with Crippen molar-refractivity contribution in [3.05, 3.63) is 0 Å². The van der Waals surface area contributed by atoms with Crippen molar-refractivity contribution in [2.45, 2.75) is 76.0 Å². The van der Waals surface area contributed by atoms with Gasteiger partial charge >= 0.3 is 0 Å². The number of likely N-dealkylation sites (tertiary alicyclic amines) is 1. The van der Waals surface area contributed by atoms with Gasteiger partial charge in [-0.15, -0.1) is 0 Å². The fourth-order valence-electron chi connectivity index (χ4n) is 4.81. The number of Topliss-reactive ketones (excluding diaryl/α,β-unsaturated/α-hetero) is 1. The van der Waals surface area contributed by atoms with Crippen molar-refractivity contribution in [3.63, 3.8) is 0 Å². The van der Waals surface area contributed by atoms with Crippen LogP contribution in [0.25, 0.3) is 0 Å². The summed E-state index contributed by atoms with van der Waals surface area (Å²) in [5, 5.41) is 0. The van der Waals surface area contributed by atoms with E-state index in [9.17, 15) is 4.79 Å². The zero-order chi connectivity index (χ0) is 14.6. The van der Waals surface area contributed by atoms with Crippen LogP contribution in [0.5, 0.6) is 0 Å². The van der Waals surface area contributed by atoms with E-state index in [1.165, 1.54) is 6.42 Å². The molecule has 0 aromatic rings. The Morgan fingerprint density at radius 3 is 2.45 bits per heavy atom. The van der Waals surface area contributed by atoms with Crippen LogP contribution in [0.2, 0.25) is 0 Å². The van der Waals surface area contributed by atoms with E-state index in [4.69, 9.17) is 4.74 Å². The van der Waals surface area contributed by atoms with Crippen molar-refractivity contribution in [3.8, 4) is 0 Å². The van der Waals surface area contributed by atoms with Crippen LogP contribution in [0.3, 0.4) is 0 Å². The Labute approximate surface area is 123 Å². The van der Waals surface area contributed by atoms with Gasteiger partial charge in [0.15, 0.2) is 5.78 Å². The van der Waals surface area contributed by atoms with Crippen LogP contribution < -0.4 is 0 Å². The molecule has 0 aromatic carbocycles. The summed E-state index contributed by atoms with van der Waals surface area (Å²) < 4.78 is 7.70. The van der Waals surface area contributed by atoms with Crippen molar-refractivity contribution in [1.82, 2.24) is 0 Å². The predicted octanol–water partition coefficient (Wildman–Crippen LogP) is 2.92. The van der Waals surface area contributed by atoms with Gasteiger partial charge in [-0.05, 0) is 19.8 Å². The molecule has 0 aromatic heterocycles. The maximum Gasteiger partial charge on any atom is 0.167 e. The van der Waals surface area contributed by atoms with E-state index >= 15 is 0 Å². The molecule has 0 N–H and O–H groups in total. The third kappa shape index (κ3) is 2.05. The Bertz CT molecular complexity index is 411. The van der Waals surface area contributed by atoms with Crippen LogP contribution in [0.15, 0.2) is 0 Å². The summed E-state index contributed by atoms with van der Waals surface area (Å²) >= 11 is 0. The zero-order valence-electron chi connectivity index (χ0n) is 13.6. The molecule has 2 saturated heterocycles. The lowest BCUT2D eigenvalue weighted by Crippen LogP contribution is -2.62. The fourth-order valence-corrected chi connectivity index (χ4v) is 4.81. The zero-order valence-corrected chi connectivity index (χ0v) is 13.6. The first-order valence-electron chi connectivity index (χ1n) is 8.36. The Morgan fingerprint density at radius 1 is 1.15 bits per heavy atom. The van der Waals surface area contributed by atoms with E-state index in [2.05, 4.69) is 27.9 Å². The van der Waals surface area contributed by atoms with Crippen LogP contribution in [-0.4, -0.2) is 48.2 Å². The quantitative estimate of drug-likeness (QED) is 0.638. The Hall–Kier alpha value is -0.410. The van der Waals surface area contributed by atoms with Crippen molar-refractivity contribution in [2.24, 2.45) is 5.92 Å². The average Bonchev–Trinajstić information content (AvgIpc) is 2.62. The van der Waals surface area contributed by atoms with Crippen LogP contribution in [0.4, 0.5) is 0 Å². The fraction of sp³-hybridized carbons (Fsp3) is 0.941. The maximum atomic E-state index is 12.7. The van der Waals surface area contributed by atoms with Gasteiger partial charge in [-0.3, -0.25) is 4.79 Å². The molecule has 0 radical (unpaired) electrons. The third-order valence-corrected chi connectivity index (χ3v) is 6.50. The molecule has 3 atom stereocenters. The van der Waals surface area contributed by atoms with Crippen molar-refractivity contribution in [2.75, 3.05) is 20.6 Å². The lowest BCUT2D eigenvalue weighted by atomic mass is 9.75. The standard InChI is InChI=1S/C17H30NO2/c1-13-12-18(3,4)14(2)10-17(13)11-15(19)16(20-17)8-6-5-7-9-16/h13-14H,5-12H2,1-4H3/q+1. The molecule has 2 aliphatic heterocycles. The number of carbonyl (C=O) groups excluding carboxylic acids is 1. The van der Waals surface area contributed by atoms with Gasteiger partial charge < -0.3 is 9.22 Å². The van der Waals surface area contributed by atoms with E-state index in [1.54, 1.807) is 0 Å². The highest BCUT2D eigenvalue weighted by atomic mass is 16.5. The normalized spacial score (nSPS) is 43.3. The number of hydrogen-bond acceptors (Lipinski definition) is 2. The van der Waals surface area contributed by atoms with Gasteiger partial charge in [0.1, 0.15) is 5.60 Å². The predicted molar refractivity (Wildman–Crippen MR) is 79.5 cm³/mol. The molecule has 0 amide bonds. The molecule has 3 rings (SSSR count). The monoisotopic (exact) mass is 280 g/mol. The number of carbonyl (C=O) groups is 1. The first-order valence-corrected chi connectivity index (χ1v) is 8.36. The number of hydrogen-bond donors (Lipinski definition) is 0. The highest BCUT2D eigenvalue weighted by molar-refractivity contribution is 5.90. The number of nitrogens with zero attached hydrogens (tertiary/aromatic N) is 1. The summed E-state index contributed by atoms with van der Waals surface area (Å²) in [4.78, 5) is 12.7. The van der Waals surface area contributed by atoms with E-state index in [-0.39, 0.29) is 5.60 Å². The Morgan fingerprint density at radius 2 is 1.80 bits per heavy atom. The van der Waals surface area contributed by atoms with Crippen LogP contribution in [-0.2, 0) is 9.53 Å². The van der Waals surface area contributed by atoms with Gasteiger partial charge in [0.2, 0.25) is 0 Å². The summed E-state index contributed by atoms with van der Waals surface area (Å²) in [6, 6.07) is 0.567. The number of quaternary nitrogens is 1. The smallest absolute Gasteiger partial charge is 0.167 e. The first kappa shape index (κ1) is 14.5. The van der Waals surface area contributed by atoms with Gasteiger partial charge in [-0.2, -0.15) is 0 Å². The van der Waals surface area contributed by atoms with Crippen LogP contribution >= 0.6 is 0 Å².